The molecule has 0 unspecified atom stereocenters. The summed E-state index contributed by atoms with van der Waals surface area (Å²) in [5, 5.41) is 12.1. The fourth-order valence-electron chi connectivity index (χ4n) is 2.82. The fourth-order valence-corrected chi connectivity index (χ4v) is 2.82. The molecule has 0 bridgehead atoms. The third kappa shape index (κ3) is 2.96. The van der Waals surface area contributed by atoms with Crippen molar-refractivity contribution in [2.75, 3.05) is 13.1 Å². The SMILES string of the molecule is O=C(CCc1ccc2ccccc2c1O)N1CCC=C(F)C1. The normalized spacial score (nSPS) is 15.0. The number of fused-ring (bicyclic) bond motifs is 1. The van der Waals surface area contributed by atoms with Crippen LogP contribution in [-0.2, 0) is 11.2 Å². The first-order chi connectivity index (χ1) is 10.6. The van der Waals surface area contributed by atoms with Gasteiger partial charge in [-0.15, -0.1) is 0 Å². The average molecular weight is 299 g/mol. The number of benzene rings is 2. The van der Waals surface area contributed by atoms with Crippen LogP contribution in [0, 0.1) is 0 Å². The Morgan fingerprint density at radius 3 is 2.86 bits per heavy atom. The lowest BCUT2D eigenvalue weighted by atomic mass is 10.0. The van der Waals surface area contributed by atoms with E-state index in [1.165, 1.54) is 11.0 Å². The number of hydrogen-bond donors (Lipinski definition) is 1. The van der Waals surface area contributed by atoms with Crippen molar-refractivity contribution in [2.45, 2.75) is 19.3 Å². The molecule has 0 aromatic heterocycles. The zero-order valence-electron chi connectivity index (χ0n) is 12.3. The topological polar surface area (TPSA) is 40.5 Å². The molecule has 1 aliphatic rings. The molecule has 1 amide bonds. The maximum absolute atomic E-state index is 13.2. The molecule has 3 nitrogen and oxygen atoms in total. The van der Waals surface area contributed by atoms with Gasteiger partial charge >= 0.3 is 0 Å². The molecular weight excluding hydrogens is 281 g/mol. The number of halogens is 1. The van der Waals surface area contributed by atoms with E-state index in [4.69, 9.17) is 0 Å². The molecule has 114 valence electrons. The summed E-state index contributed by atoms with van der Waals surface area (Å²) in [5.74, 6) is -0.0837. The van der Waals surface area contributed by atoms with Crippen molar-refractivity contribution in [1.29, 1.82) is 0 Å². The number of carbonyl (C=O) groups is 1. The van der Waals surface area contributed by atoms with Crippen LogP contribution in [0.3, 0.4) is 0 Å². The molecule has 2 aromatic carbocycles. The molecule has 0 fully saturated rings. The summed E-state index contributed by atoms with van der Waals surface area (Å²) in [4.78, 5) is 13.7. The van der Waals surface area contributed by atoms with E-state index in [1.54, 1.807) is 0 Å². The molecule has 22 heavy (non-hydrogen) atoms. The van der Waals surface area contributed by atoms with Gasteiger partial charge in [0.15, 0.2) is 0 Å². The maximum Gasteiger partial charge on any atom is 0.223 e. The molecule has 0 aliphatic carbocycles. The van der Waals surface area contributed by atoms with Gasteiger partial charge in [-0.05, 0) is 29.9 Å². The smallest absolute Gasteiger partial charge is 0.223 e. The summed E-state index contributed by atoms with van der Waals surface area (Å²) in [5.41, 5.74) is 0.750. The van der Waals surface area contributed by atoms with Crippen LogP contribution in [0.4, 0.5) is 4.39 Å². The van der Waals surface area contributed by atoms with Crippen molar-refractivity contribution in [2.24, 2.45) is 0 Å². The van der Waals surface area contributed by atoms with Crippen molar-refractivity contribution >= 4 is 16.7 Å². The quantitative estimate of drug-likeness (QED) is 0.941. The van der Waals surface area contributed by atoms with Gasteiger partial charge in [0.05, 0.1) is 6.54 Å². The molecule has 1 N–H and O–H groups in total. The summed E-state index contributed by atoms with van der Waals surface area (Å²) >= 11 is 0. The van der Waals surface area contributed by atoms with Gasteiger partial charge in [0.1, 0.15) is 11.6 Å². The zero-order chi connectivity index (χ0) is 15.5. The van der Waals surface area contributed by atoms with Gasteiger partial charge in [-0.1, -0.05) is 36.4 Å². The highest BCUT2D eigenvalue weighted by Gasteiger charge is 2.18. The van der Waals surface area contributed by atoms with Gasteiger partial charge in [-0.3, -0.25) is 4.79 Å². The summed E-state index contributed by atoms with van der Waals surface area (Å²) < 4.78 is 13.2. The average Bonchev–Trinajstić information content (AvgIpc) is 2.54. The molecule has 0 spiro atoms. The predicted octanol–water partition coefficient (Wildman–Crippen LogP) is 3.56. The number of aromatic hydroxyl groups is 1. The summed E-state index contributed by atoms with van der Waals surface area (Å²) in [6, 6.07) is 11.4. The Labute approximate surface area is 128 Å². The van der Waals surface area contributed by atoms with E-state index in [0.717, 1.165) is 16.3 Å². The van der Waals surface area contributed by atoms with Crippen molar-refractivity contribution in [1.82, 2.24) is 4.90 Å². The number of carbonyl (C=O) groups excluding carboxylic acids is 1. The molecule has 1 heterocycles. The van der Waals surface area contributed by atoms with Crippen LogP contribution in [-0.4, -0.2) is 29.0 Å². The fraction of sp³-hybridized carbons (Fsp3) is 0.278. The minimum Gasteiger partial charge on any atom is -0.507 e. The van der Waals surface area contributed by atoms with E-state index in [9.17, 15) is 14.3 Å². The molecule has 0 saturated heterocycles. The van der Waals surface area contributed by atoms with Crippen LogP contribution in [0.15, 0.2) is 48.3 Å². The minimum absolute atomic E-state index is 0.0720. The summed E-state index contributed by atoms with van der Waals surface area (Å²) in [6.45, 7) is 0.637. The summed E-state index contributed by atoms with van der Waals surface area (Å²) in [7, 11) is 0. The Hall–Kier alpha value is -2.36. The zero-order valence-corrected chi connectivity index (χ0v) is 12.3. The van der Waals surface area contributed by atoms with Crippen molar-refractivity contribution in [3.63, 3.8) is 0 Å². The van der Waals surface area contributed by atoms with Crippen LogP contribution in [0.5, 0.6) is 5.75 Å². The second kappa shape index (κ2) is 6.18. The second-order valence-corrected chi connectivity index (χ2v) is 5.55. The highest BCUT2D eigenvalue weighted by Crippen LogP contribution is 2.29. The predicted molar refractivity (Wildman–Crippen MR) is 84.3 cm³/mol. The number of phenols is 1. The number of nitrogens with zero attached hydrogens (tertiary/aromatic N) is 1. The molecule has 0 atom stereocenters. The van der Waals surface area contributed by atoms with Crippen LogP contribution >= 0.6 is 0 Å². The van der Waals surface area contributed by atoms with Crippen molar-refractivity contribution < 1.29 is 14.3 Å². The molecule has 1 aliphatic heterocycles. The number of hydrogen-bond acceptors (Lipinski definition) is 2. The molecule has 0 saturated carbocycles. The number of phenolic OH excluding ortho intramolecular Hbond substituents is 1. The monoisotopic (exact) mass is 299 g/mol. The Bertz CT molecular complexity index is 739. The molecule has 4 heteroatoms. The maximum atomic E-state index is 13.2. The molecule has 2 aromatic rings. The van der Waals surface area contributed by atoms with E-state index in [2.05, 4.69) is 0 Å². The van der Waals surface area contributed by atoms with Gasteiger partial charge < -0.3 is 10.0 Å². The van der Waals surface area contributed by atoms with E-state index in [0.29, 0.717) is 19.4 Å². The third-order valence-corrected chi connectivity index (χ3v) is 4.05. The highest BCUT2D eigenvalue weighted by atomic mass is 19.1. The van der Waals surface area contributed by atoms with Crippen molar-refractivity contribution in [3.8, 4) is 5.75 Å². The molecule has 3 rings (SSSR count). The third-order valence-electron chi connectivity index (χ3n) is 4.05. The first kappa shape index (κ1) is 14.6. The Morgan fingerprint density at radius 2 is 2.05 bits per heavy atom. The number of amides is 1. The van der Waals surface area contributed by atoms with Crippen LogP contribution in [0.2, 0.25) is 0 Å². The van der Waals surface area contributed by atoms with Crippen LogP contribution < -0.4 is 0 Å². The Balaban J connectivity index is 1.70. The van der Waals surface area contributed by atoms with E-state index in [-0.39, 0.29) is 30.4 Å². The van der Waals surface area contributed by atoms with Gasteiger partial charge in [0, 0.05) is 18.4 Å². The van der Waals surface area contributed by atoms with Gasteiger partial charge in [0.2, 0.25) is 5.91 Å². The second-order valence-electron chi connectivity index (χ2n) is 5.55. The minimum atomic E-state index is -0.242. The van der Waals surface area contributed by atoms with Gasteiger partial charge in [-0.2, -0.15) is 0 Å². The standard InChI is InChI=1S/C18H18FNO2/c19-15-5-3-11-20(12-15)17(21)10-9-14-8-7-13-4-1-2-6-16(13)18(14)22/h1-2,4-8,22H,3,9-12H2. The summed E-state index contributed by atoms with van der Waals surface area (Å²) in [6.07, 6.45) is 2.83. The number of aryl methyl sites for hydroxylation is 1. The number of rotatable bonds is 3. The van der Waals surface area contributed by atoms with E-state index in [1.807, 2.05) is 36.4 Å². The lowest BCUT2D eigenvalue weighted by Crippen LogP contribution is -2.35. The Kier molecular flexibility index (Phi) is 4.09. The van der Waals surface area contributed by atoms with E-state index < -0.39 is 0 Å². The van der Waals surface area contributed by atoms with Crippen LogP contribution in [0.25, 0.3) is 10.8 Å². The van der Waals surface area contributed by atoms with Gasteiger partial charge in [-0.25, -0.2) is 4.39 Å². The molecule has 0 radical (unpaired) electrons. The lowest BCUT2D eigenvalue weighted by Gasteiger charge is -2.24. The highest BCUT2D eigenvalue weighted by molar-refractivity contribution is 5.89. The van der Waals surface area contributed by atoms with E-state index >= 15 is 0 Å². The van der Waals surface area contributed by atoms with Gasteiger partial charge in [0.25, 0.3) is 0 Å². The first-order valence-electron chi connectivity index (χ1n) is 7.47. The largest absolute Gasteiger partial charge is 0.507 e. The van der Waals surface area contributed by atoms with Crippen LogP contribution in [0.1, 0.15) is 18.4 Å². The Morgan fingerprint density at radius 1 is 1.23 bits per heavy atom. The first-order valence-corrected chi connectivity index (χ1v) is 7.47. The lowest BCUT2D eigenvalue weighted by molar-refractivity contribution is -0.131. The molecular formula is C18H18FNO2. The van der Waals surface area contributed by atoms with Crippen molar-refractivity contribution in [3.05, 3.63) is 53.9 Å².